The molecule has 1 unspecified atom stereocenters. The second-order valence-corrected chi connectivity index (χ2v) is 2.38. The van der Waals surface area contributed by atoms with Crippen LogP contribution in [0, 0.1) is 0 Å². The minimum absolute atomic E-state index is 0.413. The van der Waals surface area contributed by atoms with Crippen molar-refractivity contribution in [3.63, 3.8) is 0 Å². The average Bonchev–Trinajstić information content (AvgIpc) is 2.15. The molecule has 70 valence electrons. The van der Waals surface area contributed by atoms with Crippen LogP contribution < -0.4 is 10.9 Å². The molecule has 1 aromatic heterocycles. The summed E-state index contributed by atoms with van der Waals surface area (Å²) in [5.74, 6) is -0.109. The molecule has 3 N–H and O–H groups in total. The smallest absolute Gasteiger partial charge is 0.266 e. The summed E-state index contributed by atoms with van der Waals surface area (Å²) >= 11 is 0. The third-order valence-corrected chi connectivity index (χ3v) is 1.26. The molecule has 6 heteroatoms. The summed E-state index contributed by atoms with van der Waals surface area (Å²) in [7, 11) is 0. The first kappa shape index (κ1) is 9.40. The Labute approximate surface area is 75.0 Å². The van der Waals surface area contributed by atoms with E-state index < -0.39 is 12.0 Å². The average molecular weight is 182 g/mol. The number of amides is 1. The number of nitrogens with zero attached hydrogens (tertiary/aromatic N) is 2. The van der Waals surface area contributed by atoms with E-state index in [2.05, 4.69) is 20.8 Å². The summed E-state index contributed by atoms with van der Waals surface area (Å²) in [5.41, 5.74) is 4.75. The van der Waals surface area contributed by atoms with E-state index >= 15 is 0 Å². The molecule has 0 aliphatic carbocycles. The zero-order valence-electron chi connectivity index (χ0n) is 7.06. The molecule has 1 aromatic rings. The van der Waals surface area contributed by atoms with E-state index in [1.54, 1.807) is 0 Å². The highest BCUT2D eigenvalue weighted by molar-refractivity contribution is 5.80. The molecule has 1 rings (SSSR count). The Morgan fingerprint density at radius 1 is 1.62 bits per heavy atom. The normalized spacial score (nSPS) is 11.8. The van der Waals surface area contributed by atoms with Crippen molar-refractivity contribution in [2.24, 2.45) is 0 Å². The lowest BCUT2D eigenvalue weighted by Crippen LogP contribution is -2.36. The summed E-state index contributed by atoms with van der Waals surface area (Å²) in [5, 5.41) is 8.81. The number of aromatic nitrogens is 2. The second-order valence-electron chi connectivity index (χ2n) is 2.38. The summed E-state index contributed by atoms with van der Waals surface area (Å²) in [6.07, 6.45) is 3.39. The van der Waals surface area contributed by atoms with E-state index in [0.717, 1.165) is 0 Å². The van der Waals surface area contributed by atoms with Crippen LogP contribution in [0.15, 0.2) is 18.6 Å². The number of hydrazine groups is 1. The maximum Gasteiger partial charge on any atom is 0.266 e. The van der Waals surface area contributed by atoms with Crippen molar-refractivity contribution >= 4 is 11.7 Å². The van der Waals surface area contributed by atoms with Crippen LogP contribution in [0.2, 0.25) is 0 Å². The summed E-state index contributed by atoms with van der Waals surface area (Å²) in [6.45, 7) is 1.37. The van der Waals surface area contributed by atoms with Gasteiger partial charge in [-0.25, -0.2) is 4.98 Å². The first-order chi connectivity index (χ1) is 6.20. The van der Waals surface area contributed by atoms with Gasteiger partial charge in [0.2, 0.25) is 0 Å². The largest absolute Gasteiger partial charge is 0.383 e. The monoisotopic (exact) mass is 182 g/mol. The van der Waals surface area contributed by atoms with Crippen molar-refractivity contribution in [3.8, 4) is 0 Å². The van der Waals surface area contributed by atoms with Crippen molar-refractivity contribution < 1.29 is 9.90 Å². The highest BCUT2D eigenvalue weighted by Crippen LogP contribution is 1.93. The molecule has 0 aromatic carbocycles. The van der Waals surface area contributed by atoms with E-state index in [9.17, 15) is 4.79 Å². The van der Waals surface area contributed by atoms with Crippen LogP contribution >= 0.6 is 0 Å². The number of rotatable bonds is 3. The van der Waals surface area contributed by atoms with Gasteiger partial charge in [0, 0.05) is 12.4 Å². The Kier molecular flexibility index (Phi) is 3.15. The quantitative estimate of drug-likeness (QED) is 0.538. The zero-order valence-corrected chi connectivity index (χ0v) is 7.06. The molecule has 13 heavy (non-hydrogen) atoms. The van der Waals surface area contributed by atoms with Gasteiger partial charge in [-0.2, -0.15) is 0 Å². The van der Waals surface area contributed by atoms with Crippen molar-refractivity contribution in [1.82, 2.24) is 15.4 Å². The Hall–Kier alpha value is -1.69. The predicted molar refractivity (Wildman–Crippen MR) is 45.5 cm³/mol. The number of anilines is 1. The number of nitrogens with one attached hydrogen (secondary N) is 2. The lowest BCUT2D eigenvalue weighted by molar-refractivity contribution is -0.127. The molecule has 0 aliphatic rings. The third-order valence-electron chi connectivity index (χ3n) is 1.26. The SMILES string of the molecule is CC(O)C(=O)NNc1cnccn1. The molecular formula is C7H10N4O2. The standard InChI is InChI=1S/C7H10N4O2/c1-5(12)7(13)11-10-6-4-8-2-3-9-6/h2-5,12H,1H3,(H,9,10)(H,11,13). The zero-order chi connectivity index (χ0) is 9.68. The molecule has 0 saturated carbocycles. The summed E-state index contributed by atoms with van der Waals surface area (Å²) in [4.78, 5) is 18.5. The molecule has 1 atom stereocenters. The number of carbonyl (C=O) groups excluding carboxylic acids is 1. The Bertz CT molecular complexity index is 275. The molecule has 0 bridgehead atoms. The van der Waals surface area contributed by atoms with Crippen LogP contribution in [0.25, 0.3) is 0 Å². The molecule has 0 fully saturated rings. The van der Waals surface area contributed by atoms with Crippen LogP contribution in [-0.4, -0.2) is 27.1 Å². The number of hydrogen-bond donors (Lipinski definition) is 3. The van der Waals surface area contributed by atoms with Gasteiger partial charge in [0.15, 0.2) is 5.82 Å². The lowest BCUT2D eigenvalue weighted by atomic mass is 10.4. The Morgan fingerprint density at radius 3 is 2.92 bits per heavy atom. The van der Waals surface area contributed by atoms with Gasteiger partial charge in [-0.15, -0.1) is 0 Å². The highest BCUT2D eigenvalue weighted by atomic mass is 16.3. The van der Waals surface area contributed by atoms with Gasteiger partial charge >= 0.3 is 0 Å². The van der Waals surface area contributed by atoms with Gasteiger partial charge in [0.05, 0.1) is 6.20 Å². The fourth-order valence-corrected chi connectivity index (χ4v) is 0.594. The molecule has 1 heterocycles. The number of hydrogen-bond acceptors (Lipinski definition) is 5. The van der Waals surface area contributed by atoms with Crippen molar-refractivity contribution in [3.05, 3.63) is 18.6 Å². The number of carbonyl (C=O) groups is 1. The van der Waals surface area contributed by atoms with Crippen LogP contribution in [0.5, 0.6) is 0 Å². The van der Waals surface area contributed by atoms with Crippen LogP contribution in [0.3, 0.4) is 0 Å². The number of aliphatic hydroxyl groups excluding tert-OH is 1. The van der Waals surface area contributed by atoms with Gasteiger partial charge in [-0.05, 0) is 6.92 Å². The van der Waals surface area contributed by atoms with E-state index in [1.807, 2.05) is 0 Å². The Morgan fingerprint density at radius 2 is 2.38 bits per heavy atom. The fraction of sp³-hybridized carbons (Fsp3) is 0.286. The van der Waals surface area contributed by atoms with E-state index in [1.165, 1.54) is 25.5 Å². The topological polar surface area (TPSA) is 87.1 Å². The van der Waals surface area contributed by atoms with E-state index in [4.69, 9.17) is 5.11 Å². The van der Waals surface area contributed by atoms with Crippen LogP contribution in [0.4, 0.5) is 5.82 Å². The van der Waals surface area contributed by atoms with Gasteiger partial charge in [0.1, 0.15) is 6.10 Å². The molecule has 1 amide bonds. The second kappa shape index (κ2) is 4.36. The van der Waals surface area contributed by atoms with Crippen molar-refractivity contribution in [2.75, 3.05) is 5.43 Å². The number of aliphatic hydroxyl groups is 1. The maximum atomic E-state index is 10.8. The fourth-order valence-electron chi connectivity index (χ4n) is 0.594. The molecular weight excluding hydrogens is 172 g/mol. The molecule has 0 radical (unpaired) electrons. The first-order valence-electron chi connectivity index (χ1n) is 3.70. The van der Waals surface area contributed by atoms with Gasteiger partial charge in [-0.1, -0.05) is 0 Å². The molecule has 0 saturated heterocycles. The lowest BCUT2D eigenvalue weighted by Gasteiger charge is -2.07. The summed E-state index contributed by atoms with van der Waals surface area (Å²) < 4.78 is 0. The van der Waals surface area contributed by atoms with Crippen molar-refractivity contribution in [2.45, 2.75) is 13.0 Å². The summed E-state index contributed by atoms with van der Waals surface area (Å²) in [6, 6.07) is 0. The molecule has 6 nitrogen and oxygen atoms in total. The minimum Gasteiger partial charge on any atom is -0.383 e. The minimum atomic E-state index is -1.05. The Balaban J connectivity index is 2.40. The molecule has 0 spiro atoms. The highest BCUT2D eigenvalue weighted by Gasteiger charge is 2.06. The maximum absolute atomic E-state index is 10.8. The van der Waals surface area contributed by atoms with E-state index in [-0.39, 0.29) is 0 Å². The van der Waals surface area contributed by atoms with Crippen molar-refractivity contribution in [1.29, 1.82) is 0 Å². The van der Waals surface area contributed by atoms with Crippen LogP contribution in [-0.2, 0) is 4.79 Å². The van der Waals surface area contributed by atoms with Gasteiger partial charge < -0.3 is 5.11 Å². The predicted octanol–water partition coefficient (Wildman–Crippen LogP) is -0.700. The first-order valence-corrected chi connectivity index (χ1v) is 3.70. The third kappa shape index (κ3) is 3.04. The van der Waals surface area contributed by atoms with Gasteiger partial charge in [0.25, 0.3) is 5.91 Å². The van der Waals surface area contributed by atoms with E-state index in [0.29, 0.717) is 5.82 Å². The van der Waals surface area contributed by atoms with Gasteiger partial charge in [-0.3, -0.25) is 20.6 Å². The van der Waals surface area contributed by atoms with Crippen LogP contribution in [0.1, 0.15) is 6.92 Å². The molecule has 0 aliphatic heterocycles.